The first-order valence-electron chi connectivity index (χ1n) is 9.21. The van der Waals surface area contributed by atoms with Gasteiger partial charge in [0, 0.05) is 19.6 Å². The number of aromatic nitrogens is 4. The van der Waals surface area contributed by atoms with E-state index in [4.69, 9.17) is 0 Å². The minimum Gasteiger partial charge on any atom is -0.355 e. The lowest BCUT2D eigenvalue weighted by molar-refractivity contribution is 0.222. The van der Waals surface area contributed by atoms with Gasteiger partial charge in [-0.15, -0.1) is 5.10 Å². The number of hydrogen-bond acceptors (Lipinski definition) is 5. The van der Waals surface area contributed by atoms with E-state index in [1.807, 2.05) is 12.1 Å². The molecule has 7 heteroatoms. The van der Waals surface area contributed by atoms with Gasteiger partial charge in [-0.3, -0.25) is 0 Å². The summed E-state index contributed by atoms with van der Waals surface area (Å²) < 4.78 is 1.35. The van der Waals surface area contributed by atoms with Crippen molar-refractivity contribution >= 4 is 11.5 Å². The van der Waals surface area contributed by atoms with E-state index in [1.165, 1.54) is 62.7 Å². The highest BCUT2D eigenvalue weighted by Crippen LogP contribution is 2.23. The maximum Gasteiger partial charge on any atom is 0.364 e. The molecular weight excluding hydrogens is 304 g/mol. The van der Waals surface area contributed by atoms with E-state index < -0.39 is 0 Å². The van der Waals surface area contributed by atoms with Gasteiger partial charge in [-0.05, 0) is 56.8 Å². The van der Waals surface area contributed by atoms with Crippen LogP contribution in [0.1, 0.15) is 38.5 Å². The van der Waals surface area contributed by atoms with Gasteiger partial charge in [0.1, 0.15) is 5.82 Å². The van der Waals surface area contributed by atoms with Gasteiger partial charge in [-0.1, -0.05) is 12.8 Å². The van der Waals surface area contributed by atoms with Crippen LogP contribution in [0, 0.1) is 5.92 Å². The lowest BCUT2D eigenvalue weighted by atomic mass is 9.97. The SMILES string of the molecule is O=c1[nH]nc2ccc(N3CCC[C@@H](CN4CCCCCC4)C3)nn12. The fraction of sp³-hybridized carbons (Fsp3) is 0.706. The Morgan fingerprint density at radius 3 is 2.75 bits per heavy atom. The van der Waals surface area contributed by atoms with E-state index in [1.54, 1.807) is 0 Å². The van der Waals surface area contributed by atoms with E-state index in [0.29, 0.717) is 11.6 Å². The Morgan fingerprint density at radius 1 is 1.08 bits per heavy atom. The Hall–Kier alpha value is -1.89. The van der Waals surface area contributed by atoms with Crippen molar-refractivity contribution in [3.63, 3.8) is 0 Å². The van der Waals surface area contributed by atoms with Crippen molar-refractivity contribution in [1.82, 2.24) is 24.7 Å². The molecule has 0 aromatic carbocycles. The highest BCUT2D eigenvalue weighted by atomic mass is 16.2. The molecule has 0 aliphatic carbocycles. The molecule has 130 valence electrons. The summed E-state index contributed by atoms with van der Waals surface area (Å²) in [6.45, 7) is 5.75. The normalized spacial score (nSPS) is 23.5. The molecule has 1 N–H and O–H groups in total. The van der Waals surface area contributed by atoms with Crippen LogP contribution in [0.4, 0.5) is 5.82 Å². The smallest absolute Gasteiger partial charge is 0.355 e. The molecule has 7 nitrogen and oxygen atoms in total. The molecule has 0 radical (unpaired) electrons. The number of anilines is 1. The predicted octanol–water partition coefficient (Wildman–Crippen LogP) is 1.51. The zero-order valence-electron chi connectivity index (χ0n) is 14.2. The van der Waals surface area contributed by atoms with E-state index in [-0.39, 0.29) is 5.69 Å². The monoisotopic (exact) mass is 330 g/mol. The molecule has 4 rings (SSSR count). The van der Waals surface area contributed by atoms with Gasteiger partial charge in [0.25, 0.3) is 0 Å². The van der Waals surface area contributed by atoms with Crippen molar-refractivity contribution in [2.45, 2.75) is 38.5 Å². The summed E-state index contributed by atoms with van der Waals surface area (Å²) in [5.41, 5.74) is 0.298. The zero-order chi connectivity index (χ0) is 16.4. The van der Waals surface area contributed by atoms with Crippen LogP contribution in [-0.4, -0.2) is 57.4 Å². The van der Waals surface area contributed by atoms with Gasteiger partial charge in [0.2, 0.25) is 0 Å². The third-order valence-electron chi connectivity index (χ3n) is 5.32. The van der Waals surface area contributed by atoms with Gasteiger partial charge in [0.15, 0.2) is 5.65 Å². The zero-order valence-corrected chi connectivity index (χ0v) is 14.2. The van der Waals surface area contributed by atoms with Gasteiger partial charge in [-0.2, -0.15) is 9.61 Å². The molecule has 0 unspecified atom stereocenters. The molecule has 2 aromatic heterocycles. The number of fused-ring (bicyclic) bond motifs is 1. The maximum absolute atomic E-state index is 11.7. The number of H-pyrrole nitrogens is 1. The van der Waals surface area contributed by atoms with Gasteiger partial charge >= 0.3 is 5.69 Å². The summed E-state index contributed by atoms with van der Waals surface area (Å²) in [7, 11) is 0. The van der Waals surface area contributed by atoms with E-state index in [0.717, 1.165) is 18.9 Å². The van der Waals surface area contributed by atoms with E-state index in [9.17, 15) is 4.79 Å². The van der Waals surface area contributed by atoms with Crippen LogP contribution in [-0.2, 0) is 0 Å². The minimum atomic E-state index is -0.273. The fourth-order valence-corrected chi connectivity index (χ4v) is 4.07. The van der Waals surface area contributed by atoms with Crippen LogP contribution in [0.15, 0.2) is 16.9 Å². The Morgan fingerprint density at radius 2 is 1.92 bits per heavy atom. The van der Waals surface area contributed by atoms with Crippen molar-refractivity contribution in [3.05, 3.63) is 22.6 Å². The molecule has 24 heavy (non-hydrogen) atoms. The number of nitrogens with one attached hydrogen (secondary N) is 1. The maximum atomic E-state index is 11.7. The van der Waals surface area contributed by atoms with Crippen LogP contribution in [0.25, 0.3) is 5.65 Å². The highest BCUT2D eigenvalue weighted by molar-refractivity contribution is 5.45. The average molecular weight is 330 g/mol. The van der Waals surface area contributed by atoms with E-state index in [2.05, 4.69) is 25.1 Å². The molecule has 0 bridgehead atoms. The Balaban J connectivity index is 1.45. The topological polar surface area (TPSA) is 69.5 Å². The Labute approximate surface area is 141 Å². The molecule has 2 aliphatic heterocycles. The lowest BCUT2D eigenvalue weighted by Gasteiger charge is -2.36. The number of piperidine rings is 1. The standard InChI is InChI=1S/C17H26N6O/c24-17-19-18-15-7-8-16(20-23(15)17)22-11-5-6-14(13-22)12-21-9-3-1-2-4-10-21/h7-8,14H,1-6,9-13H2,(H,19,24)/t14-/m0/s1. The first-order chi connectivity index (χ1) is 11.8. The average Bonchev–Trinajstić information content (AvgIpc) is 2.81. The number of nitrogens with zero attached hydrogens (tertiary/aromatic N) is 5. The van der Waals surface area contributed by atoms with Gasteiger partial charge in [0.05, 0.1) is 0 Å². The summed E-state index contributed by atoms with van der Waals surface area (Å²) in [6, 6.07) is 3.84. The summed E-state index contributed by atoms with van der Waals surface area (Å²) in [5.74, 6) is 1.57. The van der Waals surface area contributed by atoms with Crippen molar-refractivity contribution in [3.8, 4) is 0 Å². The lowest BCUT2D eigenvalue weighted by Crippen LogP contribution is -2.42. The number of aromatic amines is 1. The molecule has 0 spiro atoms. The molecule has 2 fully saturated rings. The molecule has 0 amide bonds. The number of likely N-dealkylation sites (tertiary alicyclic amines) is 1. The molecule has 2 saturated heterocycles. The van der Waals surface area contributed by atoms with Crippen LogP contribution in [0.5, 0.6) is 0 Å². The molecule has 2 aliphatic rings. The molecule has 0 saturated carbocycles. The predicted molar refractivity (Wildman–Crippen MR) is 93.5 cm³/mol. The summed E-state index contributed by atoms with van der Waals surface area (Å²) in [4.78, 5) is 16.7. The van der Waals surface area contributed by atoms with Gasteiger partial charge in [-0.25, -0.2) is 9.89 Å². The first-order valence-corrected chi connectivity index (χ1v) is 9.21. The first kappa shape index (κ1) is 15.6. The van der Waals surface area contributed by atoms with E-state index >= 15 is 0 Å². The number of hydrogen-bond donors (Lipinski definition) is 1. The minimum absolute atomic E-state index is 0.273. The van der Waals surface area contributed by atoms with Crippen molar-refractivity contribution < 1.29 is 0 Å². The van der Waals surface area contributed by atoms with Crippen LogP contribution >= 0.6 is 0 Å². The second kappa shape index (κ2) is 6.93. The summed E-state index contributed by atoms with van der Waals surface area (Å²) >= 11 is 0. The van der Waals surface area contributed by atoms with Crippen molar-refractivity contribution in [2.75, 3.05) is 37.6 Å². The van der Waals surface area contributed by atoms with Crippen molar-refractivity contribution in [2.24, 2.45) is 5.92 Å². The fourth-order valence-electron chi connectivity index (χ4n) is 4.07. The second-order valence-electron chi connectivity index (χ2n) is 7.16. The van der Waals surface area contributed by atoms with Crippen LogP contribution in [0.3, 0.4) is 0 Å². The largest absolute Gasteiger partial charge is 0.364 e. The Kier molecular flexibility index (Phi) is 4.51. The third-order valence-corrected chi connectivity index (χ3v) is 5.32. The molecular formula is C17H26N6O. The van der Waals surface area contributed by atoms with Crippen LogP contribution in [0.2, 0.25) is 0 Å². The van der Waals surface area contributed by atoms with Gasteiger partial charge < -0.3 is 9.80 Å². The quantitative estimate of drug-likeness (QED) is 0.924. The summed E-state index contributed by atoms with van der Waals surface area (Å²) in [5, 5.41) is 10.9. The molecule has 2 aromatic rings. The van der Waals surface area contributed by atoms with Crippen LogP contribution < -0.4 is 10.6 Å². The summed E-state index contributed by atoms with van der Waals surface area (Å²) in [6.07, 6.45) is 7.95. The molecule has 1 atom stereocenters. The number of rotatable bonds is 3. The third kappa shape index (κ3) is 3.31. The second-order valence-corrected chi connectivity index (χ2v) is 7.16. The Bertz CT molecular complexity index is 730. The highest BCUT2D eigenvalue weighted by Gasteiger charge is 2.24. The molecule has 4 heterocycles. The van der Waals surface area contributed by atoms with Crippen molar-refractivity contribution in [1.29, 1.82) is 0 Å².